The van der Waals surface area contributed by atoms with E-state index >= 15 is 0 Å². The van der Waals surface area contributed by atoms with Crippen LogP contribution in [0.25, 0.3) is 0 Å². The van der Waals surface area contributed by atoms with Crippen molar-refractivity contribution in [2.24, 2.45) is 0 Å². The summed E-state index contributed by atoms with van der Waals surface area (Å²) >= 11 is 0. The van der Waals surface area contributed by atoms with E-state index in [1.165, 1.54) is 193 Å². The Hall–Kier alpha value is -1.88. The first kappa shape index (κ1) is 75.1. The van der Waals surface area contributed by atoms with Gasteiger partial charge < -0.3 is 33.5 Å². The summed E-state index contributed by atoms with van der Waals surface area (Å²) in [6.07, 6.45) is 76.9. The summed E-state index contributed by atoms with van der Waals surface area (Å²) in [6.45, 7) is 12.5. The quantitative estimate of drug-likeness (QED) is 0.0367. The van der Waals surface area contributed by atoms with Gasteiger partial charge in [-0.05, 0) is 161 Å². The molecule has 0 aromatic rings. The smallest absolute Gasteiger partial charge is 0.154 e. The summed E-state index contributed by atoms with van der Waals surface area (Å²) in [5.41, 5.74) is 0. The average molecular weight is 1080 g/mol. The van der Waals surface area contributed by atoms with Crippen LogP contribution in [0.1, 0.15) is 290 Å². The molecule has 0 rings (SSSR count). The van der Waals surface area contributed by atoms with Gasteiger partial charge in [-0.1, -0.05) is 209 Å². The van der Waals surface area contributed by atoms with Crippen LogP contribution in [-0.2, 0) is 28.4 Å². The zero-order valence-electron chi connectivity index (χ0n) is 51.5. The first-order valence-corrected chi connectivity index (χ1v) is 32.9. The normalized spacial score (nSPS) is 13.0. The Morgan fingerprint density at radius 3 is 0.974 bits per heavy atom. The molecule has 0 aromatic carbocycles. The monoisotopic (exact) mass is 1080 g/mol. The van der Waals surface area contributed by atoms with E-state index in [0.717, 1.165) is 97.0 Å². The molecule has 0 aliphatic carbocycles. The van der Waals surface area contributed by atoms with E-state index in [0.29, 0.717) is 40.0 Å². The molecule has 0 bridgehead atoms. The zero-order valence-corrected chi connectivity index (χ0v) is 51.5. The molecule has 0 aliphatic rings. The van der Waals surface area contributed by atoms with Crippen molar-refractivity contribution in [3.05, 3.63) is 72.9 Å². The van der Waals surface area contributed by atoms with Crippen LogP contribution in [0.5, 0.6) is 0 Å². The molecule has 0 aromatic heterocycles. The highest BCUT2D eigenvalue weighted by atomic mass is 16.7. The molecule has 0 spiro atoms. The third-order valence-electron chi connectivity index (χ3n) is 14.1. The lowest BCUT2D eigenvalue weighted by Gasteiger charge is -2.23. The van der Waals surface area contributed by atoms with Gasteiger partial charge in [0.15, 0.2) is 6.29 Å². The third kappa shape index (κ3) is 66.5. The molecule has 0 heterocycles. The van der Waals surface area contributed by atoms with Crippen LogP contribution in [0.3, 0.4) is 0 Å². The predicted octanol–water partition coefficient (Wildman–Crippen LogP) is 20.4. The Morgan fingerprint density at radius 2 is 0.623 bits per heavy atom. The SMILES string of the molecule is CCCCC/C=C\C/C=C\CCCCCCCCOCOCCCC(CCCOCOCCCCCCCC/C=C\C/C=C\CCCCC)OC(O)CCCN(C)COCCCCCCCC/C=C\C/C=C\CCCCC. The fraction of sp³-hybridized carbons (Fsp3) is 0.826. The molecular weight excluding hydrogens is 955 g/mol. The van der Waals surface area contributed by atoms with Gasteiger partial charge in [0.1, 0.15) is 13.6 Å². The topological polar surface area (TPSA) is 78.9 Å². The maximum atomic E-state index is 10.9. The molecule has 77 heavy (non-hydrogen) atoms. The zero-order chi connectivity index (χ0) is 55.5. The van der Waals surface area contributed by atoms with Crippen molar-refractivity contribution in [3.63, 3.8) is 0 Å². The van der Waals surface area contributed by atoms with Gasteiger partial charge in [0.25, 0.3) is 0 Å². The van der Waals surface area contributed by atoms with E-state index in [4.69, 9.17) is 28.4 Å². The molecule has 0 saturated carbocycles. The van der Waals surface area contributed by atoms with Crippen LogP contribution < -0.4 is 0 Å². The second-order valence-corrected chi connectivity index (χ2v) is 21.9. The first-order valence-electron chi connectivity index (χ1n) is 32.9. The summed E-state index contributed by atoms with van der Waals surface area (Å²) < 4.78 is 35.5. The lowest BCUT2D eigenvalue weighted by molar-refractivity contribution is -0.147. The first-order chi connectivity index (χ1) is 38.1. The van der Waals surface area contributed by atoms with Gasteiger partial charge in [-0.3, -0.25) is 4.90 Å². The lowest BCUT2D eigenvalue weighted by atomic mass is 10.1. The molecule has 0 saturated heterocycles. The minimum atomic E-state index is -0.787. The van der Waals surface area contributed by atoms with Crippen LogP contribution in [0.4, 0.5) is 0 Å². The molecule has 1 atom stereocenters. The number of unbranched alkanes of at least 4 members (excludes halogenated alkanes) is 27. The van der Waals surface area contributed by atoms with E-state index in [1.807, 2.05) is 0 Å². The van der Waals surface area contributed by atoms with Gasteiger partial charge in [0.2, 0.25) is 0 Å². The van der Waals surface area contributed by atoms with E-state index < -0.39 is 6.29 Å². The Morgan fingerprint density at radius 1 is 0.325 bits per heavy atom. The molecule has 8 nitrogen and oxygen atoms in total. The number of hydrogen-bond donors (Lipinski definition) is 1. The molecule has 0 amide bonds. The van der Waals surface area contributed by atoms with E-state index in [1.54, 1.807) is 0 Å². The summed E-state index contributed by atoms with van der Waals surface area (Å²) in [6, 6.07) is 0. The maximum Gasteiger partial charge on any atom is 0.154 e. The highest BCUT2D eigenvalue weighted by Crippen LogP contribution is 2.16. The van der Waals surface area contributed by atoms with Gasteiger partial charge in [0.05, 0.1) is 12.8 Å². The van der Waals surface area contributed by atoms with Crippen molar-refractivity contribution in [3.8, 4) is 0 Å². The lowest BCUT2D eigenvalue weighted by Crippen LogP contribution is -2.26. The fourth-order valence-electron chi connectivity index (χ4n) is 9.15. The Labute approximate surface area is 479 Å². The van der Waals surface area contributed by atoms with Gasteiger partial charge >= 0.3 is 0 Å². The van der Waals surface area contributed by atoms with E-state index in [9.17, 15) is 5.11 Å². The highest BCUT2D eigenvalue weighted by molar-refractivity contribution is 4.94. The number of nitrogens with zero attached hydrogens (tertiary/aromatic N) is 1. The van der Waals surface area contributed by atoms with Crippen LogP contribution >= 0.6 is 0 Å². The second kappa shape index (κ2) is 68.4. The largest absolute Gasteiger partial charge is 0.368 e. The number of hydrogen-bond acceptors (Lipinski definition) is 8. The molecule has 0 fully saturated rings. The van der Waals surface area contributed by atoms with Crippen LogP contribution in [0.2, 0.25) is 0 Å². The summed E-state index contributed by atoms with van der Waals surface area (Å²) in [5.74, 6) is 0. The van der Waals surface area contributed by atoms with Crippen molar-refractivity contribution in [1.82, 2.24) is 4.90 Å². The number of aliphatic hydroxyl groups excluding tert-OH is 1. The molecule has 8 heteroatoms. The number of ether oxygens (including phenoxy) is 6. The number of aliphatic hydroxyl groups is 1. The summed E-state index contributed by atoms with van der Waals surface area (Å²) in [4.78, 5) is 2.20. The van der Waals surface area contributed by atoms with Crippen molar-refractivity contribution in [1.29, 1.82) is 0 Å². The highest BCUT2D eigenvalue weighted by Gasteiger charge is 2.15. The van der Waals surface area contributed by atoms with Gasteiger partial charge in [-0.2, -0.15) is 0 Å². The fourth-order valence-corrected chi connectivity index (χ4v) is 9.15. The Bertz CT molecular complexity index is 1220. The number of rotatable bonds is 65. The van der Waals surface area contributed by atoms with E-state index in [2.05, 4.69) is 106 Å². The third-order valence-corrected chi connectivity index (χ3v) is 14.1. The molecule has 1 unspecified atom stereocenters. The molecular formula is C69H129NO7. The summed E-state index contributed by atoms with van der Waals surface area (Å²) in [7, 11) is 2.09. The minimum Gasteiger partial charge on any atom is -0.368 e. The molecule has 0 aliphatic heterocycles. The predicted molar refractivity (Wildman–Crippen MR) is 334 cm³/mol. The van der Waals surface area contributed by atoms with Crippen LogP contribution in [-0.4, -0.2) is 89.3 Å². The van der Waals surface area contributed by atoms with Crippen molar-refractivity contribution in [2.45, 2.75) is 303 Å². The standard InChI is InChI=1S/C69H129NO7/c1-5-8-11-14-17-20-23-26-29-32-35-38-41-44-47-50-60-72-65-70(4)59-53-58-69(71)77-68(56-54-63-75-66-73-61-51-48-45-42-39-36-33-30-27-24-21-18-15-12-9-6-2)57-55-64-76-67-74-62-52-49-46-43-40-37-34-31-28-25-22-19-16-13-10-7-3/h17-22,26-31,68-69,71H,5-16,23-25,32-67H2,1-4H3/b20-17-,21-18-,22-19-,29-26-,30-27-,31-28-. The second-order valence-electron chi connectivity index (χ2n) is 21.9. The van der Waals surface area contributed by atoms with Crippen molar-refractivity contribution >= 4 is 0 Å². The van der Waals surface area contributed by atoms with Crippen LogP contribution in [0, 0.1) is 0 Å². The molecule has 452 valence electrons. The van der Waals surface area contributed by atoms with Gasteiger partial charge in [0, 0.05) is 39.6 Å². The van der Waals surface area contributed by atoms with E-state index in [-0.39, 0.29) is 6.10 Å². The van der Waals surface area contributed by atoms with Crippen molar-refractivity contribution in [2.75, 3.05) is 66.9 Å². The minimum absolute atomic E-state index is 0.0501. The van der Waals surface area contributed by atoms with Gasteiger partial charge in [-0.25, -0.2) is 0 Å². The van der Waals surface area contributed by atoms with Crippen molar-refractivity contribution < 1.29 is 33.5 Å². The summed E-state index contributed by atoms with van der Waals surface area (Å²) in [5, 5.41) is 10.9. The van der Waals surface area contributed by atoms with Crippen LogP contribution in [0.15, 0.2) is 72.9 Å². The van der Waals surface area contributed by atoms with Gasteiger partial charge in [-0.15, -0.1) is 0 Å². The molecule has 0 radical (unpaired) electrons. The maximum absolute atomic E-state index is 10.9. The number of allylic oxidation sites excluding steroid dienone is 12. The molecule has 1 N–H and O–H groups in total. The average Bonchev–Trinajstić information content (AvgIpc) is 3.43. The Balaban J connectivity index is 4.26. The Kier molecular flexibility index (Phi) is 66.7.